The summed E-state index contributed by atoms with van der Waals surface area (Å²) < 4.78 is 30.3. The summed E-state index contributed by atoms with van der Waals surface area (Å²) in [6, 6.07) is 1.42. The Kier molecular flexibility index (Phi) is 1.89. The smallest absolute Gasteiger partial charge is 0.421 e. The van der Waals surface area contributed by atoms with Crippen molar-refractivity contribution >= 4 is 11.7 Å². The van der Waals surface area contributed by atoms with Crippen LogP contribution >= 0.6 is 0 Å². The lowest BCUT2D eigenvalue weighted by Gasteiger charge is -2.29. The molecule has 1 aromatic rings. The molecule has 0 saturated carbocycles. The summed E-state index contributed by atoms with van der Waals surface area (Å²) in [5, 5.41) is 0. The molecule has 80 valence electrons. The summed E-state index contributed by atoms with van der Waals surface area (Å²) in [6.07, 6.45) is -2.33. The highest BCUT2D eigenvalue weighted by Gasteiger charge is 2.49. The van der Waals surface area contributed by atoms with Crippen LogP contribution in [0.15, 0.2) is 12.3 Å². The third-order valence-electron chi connectivity index (χ3n) is 2.08. The number of aryl methyl sites for hydroxylation is 1. The number of hydrogen-bond donors (Lipinski definition) is 0. The second-order valence-corrected chi connectivity index (χ2v) is 3.32. The molecule has 0 fully saturated rings. The topological polar surface area (TPSA) is 42.4 Å². The zero-order valence-corrected chi connectivity index (χ0v) is 8.12. The molecule has 1 amide bonds. The van der Waals surface area contributed by atoms with E-state index in [9.17, 15) is 13.6 Å². The molecule has 2 rings (SSSR count). The fourth-order valence-electron chi connectivity index (χ4n) is 1.34. The van der Waals surface area contributed by atoms with Gasteiger partial charge in [0.25, 0.3) is 0 Å². The number of amides is 1. The normalized spacial score (nSPS) is 18.4. The number of rotatable bonds is 0. The molecule has 0 atom stereocenters. The van der Waals surface area contributed by atoms with Gasteiger partial charge in [-0.15, -0.1) is 0 Å². The maximum Gasteiger partial charge on any atom is 0.483 e. The lowest BCUT2D eigenvalue weighted by molar-refractivity contribution is -0.192. The van der Waals surface area contributed by atoms with Gasteiger partial charge >= 0.3 is 12.0 Å². The third kappa shape index (κ3) is 1.42. The van der Waals surface area contributed by atoms with E-state index in [1.165, 1.54) is 19.3 Å². The zero-order chi connectivity index (χ0) is 11.2. The lowest BCUT2D eigenvalue weighted by Crippen LogP contribution is -2.49. The second kappa shape index (κ2) is 2.88. The minimum atomic E-state index is -3.81. The van der Waals surface area contributed by atoms with Crippen molar-refractivity contribution in [3.05, 3.63) is 17.8 Å². The standard InChI is InChI=1S/C9H8F2N2O2/c1-5-3-6-7(12-4-5)13(2)8(14)9(10,11)15-6/h3-4H,1-2H3. The van der Waals surface area contributed by atoms with Crippen molar-refractivity contribution in [3.63, 3.8) is 0 Å². The van der Waals surface area contributed by atoms with Crippen molar-refractivity contribution < 1.29 is 18.3 Å². The SMILES string of the molecule is Cc1cnc2c(c1)OC(F)(F)C(=O)N2C. The lowest BCUT2D eigenvalue weighted by atomic mass is 10.2. The predicted octanol–water partition coefficient (Wildman–Crippen LogP) is 1.34. The first-order valence-electron chi connectivity index (χ1n) is 4.23. The van der Waals surface area contributed by atoms with Gasteiger partial charge in [0.05, 0.1) is 0 Å². The van der Waals surface area contributed by atoms with E-state index in [0.717, 1.165) is 4.90 Å². The highest BCUT2D eigenvalue weighted by atomic mass is 19.3. The van der Waals surface area contributed by atoms with Crippen molar-refractivity contribution in [2.24, 2.45) is 0 Å². The number of likely N-dealkylation sites (N-methyl/N-ethyl adjacent to an activating group) is 1. The average molecular weight is 214 g/mol. The number of aromatic nitrogens is 1. The number of carbonyl (C=O) groups is 1. The van der Waals surface area contributed by atoms with E-state index in [-0.39, 0.29) is 11.6 Å². The summed E-state index contributed by atoms with van der Waals surface area (Å²) in [6.45, 7) is 1.70. The highest BCUT2D eigenvalue weighted by molar-refractivity contribution is 5.99. The molecule has 0 saturated heterocycles. The maximum absolute atomic E-state index is 13.0. The van der Waals surface area contributed by atoms with E-state index in [0.29, 0.717) is 5.56 Å². The van der Waals surface area contributed by atoms with Crippen LogP contribution in [0.3, 0.4) is 0 Å². The molecule has 0 N–H and O–H groups in total. The van der Waals surface area contributed by atoms with Gasteiger partial charge in [0.1, 0.15) is 0 Å². The van der Waals surface area contributed by atoms with Crippen LogP contribution in [0.25, 0.3) is 0 Å². The van der Waals surface area contributed by atoms with E-state index in [4.69, 9.17) is 0 Å². The van der Waals surface area contributed by atoms with Crippen LogP contribution in [0.4, 0.5) is 14.6 Å². The van der Waals surface area contributed by atoms with Crippen molar-refractivity contribution in [1.29, 1.82) is 0 Å². The fraction of sp³-hybridized carbons (Fsp3) is 0.333. The van der Waals surface area contributed by atoms with Crippen molar-refractivity contribution in [1.82, 2.24) is 4.98 Å². The van der Waals surface area contributed by atoms with Crippen LogP contribution in [-0.4, -0.2) is 24.0 Å². The number of alkyl halides is 2. The van der Waals surface area contributed by atoms with E-state index in [1.807, 2.05) is 0 Å². The van der Waals surface area contributed by atoms with Crippen molar-refractivity contribution in [2.45, 2.75) is 13.0 Å². The summed E-state index contributed by atoms with van der Waals surface area (Å²) in [5.41, 5.74) is 0.687. The Bertz CT molecular complexity index is 434. The van der Waals surface area contributed by atoms with E-state index >= 15 is 0 Å². The summed E-state index contributed by atoms with van der Waals surface area (Å²) >= 11 is 0. The van der Waals surface area contributed by atoms with E-state index < -0.39 is 12.0 Å². The molecule has 0 bridgehead atoms. The minimum absolute atomic E-state index is 0.0814. The van der Waals surface area contributed by atoms with Crippen LogP contribution in [0.2, 0.25) is 0 Å². The number of ether oxygens (including phenoxy) is 1. The molecule has 4 nitrogen and oxygen atoms in total. The molecule has 6 heteroatoms. The van der Waals surface area contributed by atoms with Crippen LogP contribution < -0.4 is 9.64 Å². The summed E-state index contributed by atoms with van der Waals surface area (Å²) in [5.74, 6) is -1.38. The Morgan fingerprint density at radius 2 is 2.20 bits per heavy atom. The molecule has 0 aliphatic carbocycles. The fourth-order valence-corrected chi connectivity index (χ4v) is 1.34. The molecule has 0 aromatic carbocycles. The average Bonchev–Trinajstić information content (AvgIpc) is 2.13. The van der Waals surface area contributed by atoms with Gasteiger partial charge in [-0.3, -0.25) is 9.69 Å². The monoisotopic (exact) mass is 214 g/mol. The molecule has 0 radical (unpaired) electrons. The van der Waals surface area contributed by atoms with Crippen molar-refractivity contribution in [3.8, 4) is 5.75 Å². The van der Waals surface area contributed by atoms with Crippen molar-refractivity contribution in [2.75, 3.05) is 11.9 Å². The Labute approximate surface area is 84.5 Å². The van der Waals surface area contributed by atoms with Gasteiger partial charge in [0, 0.05) is 13.2 Å². The Morgan fingerprint density at radius 3 is 2.87 bits per heavy atom. The molecule has 15 heavy (non-hydrogen) atoms. The van der Waals surface area contributed by atoms with Crippen LogP contribution in [0.1, 0.15) is 5.56 Å². The van der Waals surface area contributed by atoms with Crippen LogP contribution in [0, 0.1) is 6.92 Å². The number of fused-ring (bicyclic) bond motifs is 1. The molecule has 0 unspecified atom stereocenters. The molecule has 1 aromatic heterocycles. The van der Waals surface area contributed by atoms with Gasteiger partial charge in [-0.2, -0.15) is 8.78 Å². The van der Waals surface area contributed by atoms with Crippen LogP contribution in [-0.2, 0) is 4.79 Å². The molecule has 0 spiro atoms. The number of halogens is 2. The van der Waals surface area contributed by atoms with E-state index in [2.05, 4.69) is 9.72 Å². The van der Waals surface area contributed by atoms with Gasteiger partial charge < -0.3 is 4.74 Å². The molecular weight excluding hydrogens is 206 g/mol. The zero-order valence-electron chi connectivity index (χ0n) is 8.12. The summed E-state index contributed by atoms with van der Waals surface area (Å²) in [4.78, 5) is 15.8. The molecule has 1 aliphatic heterocycles. The maximum atomic E-state index is 13.0. The molecule has 1 aliphatic rings. The quantitative estimate of drug-likeness (QED) is 0.654. The minimum Gasteiger partial charge on any atom is -0.421 e. The van der Waals surface area contributed by atoms with Gasteiger partial charge in [-0.1, -0.05) is 0 Å². The first-order valence-corrected chi connectivity index (χ1v) is 4.23. The number of anilines is 1. The largest absolute Gasteiger partial charge is 0.483 e. The first-order chi connectivity index (χ1) is 6.92. The molecule has 2 heterocycles. The molecular formula is C9H8F2N2O2. The second-order valence-electron chi connectivity index (χ2n) is 3.32. The van der Waals surface area contributed by atoms with Gasteiger partial charge in [0.15, 0.2) is 11.6 Å². The van der Waals surface area contributed by atoms with Gasteiger partial charge in [-0.05, 0) is 18.6 Å². The number of carbonyl (C=O) groups excluding carboxylic acids is 1. The summed E-state index contributed by atoms with van der Waals surface area (Å²) in [7, 11) is 1.24. The predicted molar refractivity (Wildman–Crippen MR) is 48.0 cm³/mol. The highest BCUT2D eigenvalue weighted by Crippen LogP contribution is 2.36. The Balaban J connectivity index is 2.55. The first kappa shape index (κ1) is 9.82. The third-order valence-corrected chi connectivity index (χ3v) is 2.08. The number of nitrogens with zero attached hydrogens (tertiary/aromatic N) is 2. The van der Waals surface area contributed by atoms with E-state index in [1.54, 1.807) is 6.92 Å². The Morgan fingerprint density at radius 1 is 1.53 bits per heavy atom. The van der Waals surface area contributed by atoms with Gasteiger partial charge in [-0.25, -0.2) is 4.98 Å². The van der Waals surface area contributed by atoms with Crippen LogP contribution in [0.5, 0.6) is 5.75 Å². The number of pyridine rings is 1. The number of hydrogen-bond acceptors (Lipinski definition) is 3. The Hall–Kier alpha value is -1.72. The van der Waals surface area contributed by atoms with Gasteiger partial charge in [0.2, 0.25) is 0 Å².